The molecule has 1 saturated carbocycles. The van der Waals surface area contributed by atoms with Crippen LogP contribution in [-0.4, -0.2) is 29.7 Å². The first-order valence-electron chi connectivity index (χ1n) is 7.92. The summed E-state index contributed by atoms with van der Waals surface area (Å²) < 4.78 is 11.5. The number of nitrogens with zero attached hydrogens (tertiary/aromatic N) is 2. The van der Waals surface area contributed by atoms with Crippen LogP contribution in [0.3, 0.4) is 0 Å². The van der Waals surface area contributed by atoms with E-state index in [1.165, 1.54) is 6.42 Å². The molecule has 1 aliphatic rings. The second-order valence-corrected chi connectivity index (χ2v) is 5.90. The van der Waals surface area contributed by atoms with Crippen molar-refractivity contribution in [3.63, 3.8) is 0 Å². The second kappa shape index (κ2) is 7.59. The molecule has 0 aromatic carbocycles. The highest BCUT2D eigenvalue weighted by atomic mass is 16.5. The molecular weight excluding hydrogens is 266 g/mol. The van der Waals surface area contributed by atoms with Crippen LogP contribution in [0.15, 0.2) is 6.07 Å². The number of anilines is 1. The van der Waals surface area contributed by atoms with E-state index in [9.17, 15) is 0 Å². The molecule has 0 saturated heterocycles. The fourth-order valence-electron chi connectivity index (χ4n) is 2.70. The highest BCUT2D eigenvalue weighted by Crippen LogP contribution is 2.31. The third kappa shape index (κ3) is 4.56. The number of aromatic nitrogens is 2. The molecule has 1 heterocycles. The molecule has 1 aromatic heterocycles. The summed E-state index contributed by atoms with van der Waals surface area (Å²) in [6.45, 7) is 7.66. The van der Waals surface area contributed by atoms with E-state index < -0.39 is 0 Å². The average molecular weight is 293 g/mol. The van der Waals surface area contributed by atoms with Crippen molar-refractivity contribution in [3.8, 4) is 5.88 Å². The summed E-state index contributed by atoms with van der Waals surface area (Å²) in [5, 5.41) is 3.05. The molecule has 0 radical (unpaired) electrons. The molecule has 5 heteroatoms. The molecule has 1 aromatic rings. The van der Waals surface area contributed by atoms with Crippen LogP contribution < -0.4 is 10.1 Å². The van der Waals surface area contributed by atoms with Gasteiger partial charge in [0.2, 0.25) is 5.88 Å². The number of hydrogen-bond donors (Lipinski definition) is 1. The van der Waals surface area contributed by atoms with Gasteiger partial charge in [-0.25, -0.2) is 4.98 Å². The predicted molar refractivity (Wildman–Crippen MR) is 83.5 cm³/mol. The van der Waals surface area contributed by atoms with E-state index in [0.717, 1.165) is 24.6 Å². The SMILES string of the molecule is CCOCc1nc(NC)cc(OC2CCC(C)C(C)C2)n1. The second-order valence-electron chi connectivity index (χ2n) is 5.90. The summed E-state index contributed by atoms with van der Waals surface area (Å²) in [7, 11) is 1.85. The van der Waals surface area contributed by atoms with Crippen molar-refractivity contribution in [2.75, 3.05) is 19.0 Å². The molecule has 3 unspecified atom stereocenters. The van der Waals surface area contributed by atoms with Gasteiger partial charge < -0.3 is 14.8 Å². The zero-order valence-corrected chi connectivity index (χ0v) is 13.6. The zero-order valence-electron chi connectivity index (χ0n) is 13.6. The number of rotatable bonds is 6. The molecule has 3 atom stereocenters. The van der Waals surface area contributed by atoms with Crippen molar-refractivity contribution in [2.45, 2.75) is 52.7 Å². The molecular formula is C16H27N3O2. The van der Waals surface area contributed by atoms with E-state index in [-0.39, 0.29) is 6.10 Å². The van der Waals surface area contributed by atoms with Crippen molar-refractivity contribution in [1.82, 2.24) is 9.97 Å². The molecule has 0 aliphatic heterocycles. The Morgan fingerprint density at radius 2 is 2.05 bits per heavy atom. The molecule has 1 fully saturated rings. The molecule has 1 N–H and O–H groups in total. The summed E-state index contributed by atoms with van der Waals surface area (Å²) in [6, 6.07) is 1.86. The molecule has 21 heavy (non-hydrogen) atoms. The first-order chi connectivity index (χ1) is 10.1. The molecule has 0 amide bonds. The maximum absolute atomic E-state index is 6.09. The van der Waals surface area contributed by atoms with Gasteiger partial charge in [-0.1, -0.05) is 13.8 Å². The maximum atomic E-state index is 6.09. The van der Waals surface area contributed by atoms with Gasteiger partial charge in [0.05, 0.1) is 0 Å². The van der Waals surface area contributed by atoms with Crippen LogP contribution in [0.1, 0.15) is 45.9 Å². The van der Waals surface area contributed by atoms with Gasteiger partial charge in [-0.3, -0.25) is 0 Å². The predicted octanol–water partition coefficient (Wildman–Crippen LogP) is 3.26. The van der Waals surface area contributed by atoms with Crippen molar-refractivity contribution >= 4 is 5.82 Å². The van der Waals surface area contributed by atoms with Crippen LogP contribution in [-0.2, 0) is 11.3 Å². The normalized spacial score (nSPS) is 25.6. The smallest absolute Gasteiger partial charge is 0.219 e. The average Bonchev–Trinajstić information content (AvgIpc) is 2.48. The number of hydrogen-bond acceptors (Lipinski definition) is 5. The van der Waals surface area contributed by atoms with Gasteiger partial charge in [0.15, 0.2) is 5.82 Å². The Labute approximate surface area is 127 Å². The first kappa shape index (κ1) is 16.0. The van der Waals surface area contributed by atoms with Gasteiger partial charge in [0.25, 0.3) is 0 Å². The Balaban J connectivity index is 2.04. The lowest BCUT2D eigenvalue weighted by Gasteiger charge is -2.32. The van der Waals surface area contributed by atoms with Crippen LogP contribution in [0.25, 0.3) is 0 Å². The third-order valence-electron chi connectivity index (χ3n) is 4.28. The Bertz CT molecular complexity index is 453. The van der Waals surface area contributed by atoms with Gasteiger partial charge in [0.1, 0.15) is 18.5 Å². The summed E-state index contributed by atoms with van der Waals surface area (Å²) in [5.41, 5.74) is 0. The largest absolute Gasteiger partial charge is 0.474 e. The quantitative estimate of drug-likeness (QED) is 0.872. The summed E-state index contributed by atoms with van der Waals surface area (Å²) in [4.78, 5) is 8.84. The molecule has 2 rings (SSSR count). The fraction of sp³-hybridized carbons (Fsp3) is 0.750. The van der Waals surface area contributed by atoms with Gasteiger partial charge in [-0.15, -0.1) is 0 Å². The minimum Gasteiger partial charge on any atom is -0.474 e. The molecule has 0 bridgehead atoms. The van der Waals surface area contributed by atoms with Crippen LogP contribution in [0.5, 0.6) is 5.88 Å². The first-order valence-corrected chi connectivity index (χ1v) is 7.92. The van der Waals surface area contributed by atoms with E-state index in [1.54, 1.807) is 0 Å². The molecule has 118 valence electrons. The lowest BCUT2D eigenvalue weighted by molar-refractivity contribution is 0.0939. The molecule has 5 nitrogen and oxygen atoms in total. The number of ether oxygens (including phenoxy) is 2. The maximum Gasteiger partial charge on any atom is 0.219 e. The van der Waals surface area contributed by atoms with Gasteiger partial charge >= 0.3 is 0 Å². The highest BCUT2D eigenvalue weighted by Gasteiger charge is 2.26. The number of nitrogens with one attached hydrogen (secondary N) is 1. The minimum atomic E-state index is 0.260. The van der Waals surface area contributed by atoms with E-state index >= 15 is 0 Å². The zero-order chi connectivity index (χ0) is 15.2. The topological polar surface area (TPSA) is 56.3 Å². The van der Waals surface area contributed by atoms with Gasteiger partial charge in [-0.2, -0.15) is 4.98 Å². The summed E-state index contributed by atoms with van der Waals surface area (Å²) in [5.74, 6) is 3.58. The Morgan fingerprint density at radius 1 is 1.24 bits per heavy atom. The van der Waals surface area contributed by atoms with Gasteiger partial charge in [-0.05, 0) is 38.0 Å². The molecule has 0 spiro atoms. The van der Waals surface area contributed by atoms with Crippen LogP contribution in [0.4, 0.5) is 5.82 Å². The third-order valence-corrected chi connectivity index (χ3v) is 4.28. The van der Waals surface area contributed by atoms with Crippen LogP contribution >= 0.6 is 0 Å². The van der Waals surface area contributed by atoms with E-state index in [0.29, 0.717) is 30.8 Å². The fourth-order valence-corrected chi connectivity index (χ4v) is 2.70. The van der Waals surface area contributed by atoms with E-state index in [2.05, 4.69) is 29.1 Å². The van der Waals surface area contributed by atoms with Gasteiger partial charge in [0, 0.05) is 19.7 Å². The van der Waals surface area contributed by atoms with Crippen LogP contribution in [0, 0.1) is 11.8 Å². The van der Waals surface area contributed by atoms with E-state index in [1.807, 2.05) is 20.0 Å². The van der Waals surface area contributed by atoms with E-state index in [4.69, 9.17) is 9.47 Å². The highest BCUT2D eigenvalue weighted by molar-refractivity contribution is 5.37. The summed E-state index contributed by atoms with van der Waals surface area (Å²) >= 11 is 0. The Morgan fingerprint density at radius 3 is 2.71 bits per heavy atom. The molecule has 1 aliphatic carbocycles. The lowest BCUT2D eigenvalue weighted by Crippen LogP contribution is -2.29. The van der Waals surface area contributed by atoms with Crippen molar-refractivity contribution in [1.29, 1.82) is 0 Å². The Hall–Kier alpha value is -1.36. The van der Waals surface area contributed by atoms with Crippen molar-refractivity contribution < 1.29 is 9.47 Å². The lowest BCUT2D eigenvalue weighted by atomic mass is 9.80. The minimum absolute atomic E-state index is 0.260. The van der Waals surface area contributed by atoms with Crippen LogP contribution in [0.2, 0.25) is 0 Å². The summed E-state index contributed by atoms with van der Waals surface area (Å²) in [6.07, 6.45) is 3.68. The van der Waals surface area contributed by atoms with Crippen molar-refractivity contribution in [2.24, 2.45) is 11.8 Å². The Kier molecular flexibility index (Phi) is 5.79. The standard InChI is InChI=1S/C16H27N3O2/c1-5-20-10-15-18-14(17-4)9-16(19-15)21-13-7-6-11(2)12(3)8-13/h9,11-13H,5-8,10H2,1-4H3,(H,17,18,19). The van der Waals surface area contributed by atoms with Crippen molar-refractivity contribution in [3.05, 3.63) is 11.9 Å². The monoisotopic (exact) mass is 293 g/mol.